The number of nitrogens with zero attached hydrogens (tertiary/aromatic N) is 2. The van der Waals surface area contributed by atoms with Crippen molar-refractivity contribution in [3.8, 4) is 0 Å². The van der Waals surface area contributed by atoms with Crippen LogP contribution in [0.4, 0.5) is 0 Å². The van der Waals surface area contributed by atoms with E-state index in [2.05, 4.69) is 0 Å². The largest absolute Gasteiger partial charge is 0.459 e. The van der Waals surface area contributed by atoms with Crippen LogP contribution in [0.15, 0.2) is 97.1 Å². The molecule has 2 heterocycles. The topological polar surface area (TPSA) is 93.2 Å². The Labute approximate surface area is 268 Å². The van der Waals surface area contributed by atoms with Crippen molar-refractivity contribution in [2.45, 2.75) is 63.8 Å². The van der Waals surface area contributed by atoms with Gasteiger partial charge in [-0.05, 0) is 58.7 Å². The standard InChI is InChI=1S/C38H38N2O6/c41-35(39-21-9-17-33(39)37(43)45-25-27-11-3-1-4-12-27)23-29-19-20-30(32-16-8-7-15-31(29)32)24-36(42)40-22-10-18-34(40)38(44)46-26-28-13-5-2-6-14-28/h1-8,11-16,19-20,33-34H,9-10,17-18,21-26H2. The number of rotatable bonds is 10. The van der Waals surface area contributed by atoms with E-state index in [4.69, 9.17) is 9.47 Å². The minimum absolute atomic E-state index is 0.123. The maximum Gasteiger partial charge on any atom is 0.329 e. The van der Waals surface area contributed by atoms with E-state index >= 15 is 0 Å². The summed E-state index contributed by atoms with van der Waals surface area (Å²) in [5.41, 5.74) is 3.48. The number of carbonyl (C=O) groups is 4. The van der Waals surface area contributed by atoms with E-state index < -0.39 is 12.1 Å². The lowest BCUT2D eigenvalue weighted by Gasteiger charge is -2.24. The second kappa shape index (κ2) is 14.4. The molecule has 2 aliphatic rings. The van der Waals surface area contributed by atoms with Crippen molar-refractivity contribution in [2.75, 3.05) is 13.1 Å². The van der Waals surface area contributed by atoms with Crippen LogP contribution in [0.25, 0.3) is 10.8 Å². The van der Waals surface area contributed by atoms with Gasteiger partial charge in [0.2, 0.25) is 11.8 Å². The number of hydrogen-bond acceptors (Lipinski definition) is 6. The molecule has 46 heavy (non-hydrogen) atoms. The average molecular weight is 619 g/mol. The van der Waals surface area contributed by atoms with E-state index in [0.717, 1.165) is 45.9 Å². The number of ether oxygens (including phenoxy) is 2. The lowest BCUT2D eigenvalue weighted by atomic mass is 9.95. The highest BCUT2D eigenvalue weighted by atomic mass is 16.5. The van der Waals surface area contributed by atoms with Gasteiger partial charge in [0.25, 0.3) is 0 Å². The predicted octanol–water partition coefficient (Wildman–Crippen LogP) is 5.39. The van der Waals surface area contributed by atoms with Gasteiger partial charge in [-0.1, -0.05) is 97.1 Å². The molecule has 2 unspecified atom stereocenters. The van der Waals surface area contributed by atoms with Crippen LogP contribution in [-0.4, -0.2) is 58.7 Å². The number of fused-ring (bicyclic) bond motifs is 1. The van der Waals surface area contributed by atoms with E-state index in [-0.39, 0.29) is 49.8 Å². The first-order valence-electron chi connectivity index (χ1n) is 16.0. The summed E-state index contributed by atoms with van der Waals surface area (Å²) >= 11 is 0. The lowest BCUT2D eigenvalue weighted by Crippen LogP contribution is -2.42. The highest BCUT2D eigenvalue weighted by molar-refractivity contribution is 5.96. The maximum absolute atomic E-state index is 13.5. The zero-order valence-corrected chi connectivity index (χ0v) is 25.8. The van der Waals surface area contributed by atoms with Gasteiger partial charge in [-0.2, -0.15) is 0 Å². The number of likely N-dealkylation sites (tertiary alicyclic amines) is 2. The summed E-state index contributed by atoms with van der Waals surface area (Å²) in [5, 5.41) is 1.78. The first-order chi connectivity index (χ1) is 22.5. The Kier molecular flexibility index (Phi) is 9.72. The Morgan fingerprint density at radius 2 is 0.935 bits per heavy atom. The molecular weight excluding hydrogens is 580 g/mol. The summed E-state index contributed by atoms with van der Waals surface area (Å²) in [7, 11) is 0. The van der Waals surface area contributed by atoms with Crippen molar-refractivity contribution in [2.24, 2.45) is 0 Å². The maximum atomic E-state index is 13.5. The molecule has 4 aromatic carbocycles. The molecule has 0 aromatic heterocycles. The third-order valence-corrected chi connectivity index (χ3v) is 8.93. The summed E-state index contributed by atoms with van der Waals surface area (Å²) in [6.45, 7) is 1.38. The number of carbonyl (C=O) groups excluding carboxylic acids is 4. The van der Waals surface area contributed by atoms with Crippen molar-refractivity contribution in [1.82, 2.24) is 9.80 Å². The van der Waals surface area contributed by atoms with Gasteiger partial charge < -0.3 is 19.3 Å². The van der Waals surface area contributed by atoms with Gasteiger partial charge in [-0.3, -0.25) is 9.59 Å². The quantitative estimate of drug-likeness (QED) is 0.221. The molecule has 2 fully saturated rings. The van der Waals surface area contributed by atoms with E-state index in [1.165, 1.54) is 0 Å². The van der Waals surface area contributed by atoms with Gasteiger partial charge in [0.05, 0.1) is 12.8 Å². The first kappa shape index (κ1) is 31.0. The van der Waals surface area contributed by atoms with Gasteiger partial charge in [-0.25, -0.2) is 9.59 Å². The first-order valence-corrected chi connectivity index (χ1v) is 16.0. The molecule has 0 aliphatic carbocycles. The zero-order valence-electron chi connectivity index (χ0n) is 25.8. The van der Waals surface area contributed by atoms with Crippen molar-refractivity contribution < 1.29 is 28.7 Å². The van der Waals surface area contributed by atoms with Gasteiger partial charge in [0.15, 0.2) is 0 Å². The molecule has 0 saturated carbocycles. The van der Waals surface area contributed by atoms with Gasteiger partial charge in [0.1, 0.15) is 25.3 Å². The smallest absolute Gasteiger partial charge is 0.329 e. The van der Waals surface area contributed by atoms with Gasteiger partial charge >= 0.3 is 11.9 Å². The number of amides is 2. The fraction of sp³-hybridized carbons (Fsp3) is 0.316. The van der Waals surface area contributed by atoms with Crippen LogP contribution in [0, 0.1) is 0 Å². The van der Waals surface area contributed by atoms with E-state index in [1.807, 2.05) is 97.1 Å². The molecule has 0 radical (unpaired) electrons. The fourth-order valence-corrected chi connectivity index (χ4v) is 6.53. The van der Waals surface area contributed by atoms with Crippen LogP contribution in [-0.2, 0) is 54.7 Å². The predicted molar refractivity (Wildman–Crippen MR) is 173 cm³/mol. The van der Waals surface area contributed by atoms with Crippen molar-refractivity contribution in [1.29, 1.82) is 0 Å². The van der Waals surface area contributed by atoms with Gasteiger partial charge in [0, 0.05) is 13.1 Å². The zero-order chi connectivity index (χ0) is 31.9. The van der Waals surface area contributed by atoms with Crippen LogP contribution in [0.5, 0.6) is 0 Å². The average Bonchev–Trinajstić information content (AvgIpc) is 3.79. The Bertz CT molecular complexity index is 1580. The second-order valence-electron chi connectivity index (χ2n) is 12.0. The number of benzene rings is 4. The van der Waals surface area contributed by atoms with Crippen LogP contribution in [0.1, 0.15) is 47.9 Å². The Hall–Kier alpha value is -4.98. The Morgan fingerprint density at radius 1 is 0.543 bits per heavy atom. The van der Waals surface area contributed by atoms with E-state index in [1.54, 1.807) is 9.80 Å². The molecular formula is C38H38N2O6. The summed E-state index contributed by atoms with van der Waals surface area (Å²) < 4.78 is 11.1. The Balaban J connectivity index is 1.11. The SMILES string of the molecule is O=C(OCc1ccccc1)C1CCCN1C(=O)Cc1ccc(CC(=O)N2CCCC2C(=O)OCc2ccccc2)c2ccccc12. The molecule has 0 spiro atoms. The van der Waals surface area contributed by atoms with Crippen molar-refractivity contribution in [3.05, 3.63) is 119 Å². The van der Waals surface area contributed by atoms with E-state index in [0.29, 0.717) is 25.9 Å². The third-order valence-electron chi connectivity index (χ3n) is 8.93. The molecule has 236 valence electrons. The third kappa shape index (κ3) is 7.12. The fourth-order valence-electron chi connectivity index (χ4n) is 6.53. The molecule has 2 amide bonds. The summed E-state index contributed by atoms with van der Waals surface area (Å²) in [5.74, 6) is -1.00. The van der Waals surface area contributed by atoms with Crippen LogP contribution < -0.4 is 0 Å². The normalized spacial score (nSPS) is 17.7. The molecule has 2 aliphatic heterocycles. The summed E-state index contributed by atoms with van der Waals surface area (Å²) in [6, 6.07) is 29.4. The van der Waals surface area contributed by atoms with Crippen molar-refractivity contribution in [3.63, 3.8) is 0 Å². The molecule has 2 atom stereocenters. The highest BCUT2D eigenvalue weighted by Gasteiger charge is 2.36. The summed E-state index contributed by atoms with van der Waals surface area (Å²) in [4.78, 5) is 56.2. The number of esters is 2. The van der Waals surface area contributed by atoms with Crippen LogP contribution >= 0.6 is 0 Å². The monoisotopic (exact) mass is 618 g/mol. The molecule has 4 aromatic rings. The summed E-state index contributed by atoms with van der Waals surface area (Å²) in [6.07, 6.45) is 2.93. The van der Waals surface area contributed by atoms with Gasteiger partial charge in [-0.15, -0.1) is 0 Å². The minimum Gasteiger partial charge on any atom is -0.459 e. The lowest BCUT2D eigenvalue weighted by molar-refractivity contribution is -0.154. The molecule has 2 saturated heterocycles. The highest BCUT2D eigenvalue weighted by Crippen LogP contribution is 2.28. The molecule has 6 rings (SSSR count). The second-order valence-corrected chi connectivity index (χ2v) is 12.0. The number of hydrogen-bond donors (Lipinski definition) is 0. The minimum atomic E-state index is -0.591. The van der Waals surface area contributed by atoms with Crippen LogP contribution in [0.3, 0.4) is 0 Å². The molecule has 8 heteroatoms. The molecule has 0 N–H and O–H groups in total. The molecule has 0 bridgehead atoms. The van der Waals surface area contributed by atoms with Crippen LogP contribution in [0.2, 0.25) is 0 Å². The van der Waals surface area contributed by atoms with E-state index in [9.17, 15) is 19.2 Å². The van der Waals surface area contributed by atoms with Crippen molar-refractivity contribution >= 4 is 34.5 Å². The molecule has 8 nitrogen and oxygen atoms in total. The Morgan fingerprint density at radius 3 is 1.35 bits per heavy atom.